The summed E-state index contributed by atoms with van der Waals surface area (Å²) in [5.74, 6) is -4.00. The molecule has 2 fully saturated rings. The first-order chi connectivity index (χ1) is 21.0. The van der Waals surface area contributed by atoms with Gasteiger partial charge in [0.15, 0.2) is 5.83 Å². The van der Waals surface area contributed by atoms with Crippen molar-refractivity contribution in [1.29, 1.82) is 0 Å². The molecule has 1 aromatic carbocycles. The summed E-state index contributed by atoms with van der Waals surface area (Å²) < 4.78 is 16.5. The number of hydrogen-bond donors (Lipinski definition) is 2. The van der Waals surface area contributed by atoms with E-state index in [1.54, 1.807) is 29.1 Å². The van der Waals surface area contributed by atoms with Gasteiger partial charge in [0, 0.05) is 42.4 Å². The molecule has 1 saturated heterocycles. The van der Waals surface area contributed by atoms with Crippen LogP contribution in [0.25, 0.3) is 0 Å². The van der Waals surface area contributed by atoms with E-state index in [0.29, 0.717) is 27.9 Å². The largest absolute Gasteiger partial charge is 0.349 e. The van der Waals surface area contributed by atoms with E-state index in [1.165, 1.54) is 9.80 Å². The average molecular weight is 621 g/mol. The van der Waals surface area contributed by atoms with Crippen molar-refractivity contribution in [2.45, 2.75) is 109 Å². The predicted octanol–water partition coefficient (Wildman–Crippen LogP) is 3.74. The quantitative estimate of drug-likeness (QED) is 0.324. The first-order valence-electron chi connectivity index (χ1n) is 15.3. The zero-order chi connectivity index (χ0) is 33.0. The first kappa shape index (κ1) is 32.1. The van der Waals surface area contributed by atoms with E-state index in [1.807, 2.05) is 41.5 Å². The van der Waals surface area contributed by atoms with Crippen molar-refractivity contribution in [3.63, 3.8) is 0 Å². The Balaban J connectivity index is 1.53. The van der Waals surface area contributed by atoms with Crippen molar-refractivity contribution < 1.29 is 28.4 Å². The number of benzene rings is 1. The van der Waals surface area contributed by atoms with Crippen molar-refractivity contribution in [1.82, 2.24) is 30.2 Å². The van der Waals surface area contributed by atoms with Gasteiger partial charge in [-0.2, -0.15) is 5.10 Å². The zero-order valence-corrected chi connectivity index (χ0v) is 26.7. The third-order valence-corrected chi connectivity index (χ3v) is 8.72. The van der Waals surface area contributed by atoms with Crippen LogP contribution in [0.15, 0.2) is 36.8 Å². The van der Waals surface area contributed by atoms with Crippen molar-refractivity contribution in [2.75, 3.05) is 0 Å². The van der Waals surface area contributed by atoms with Gasteiger partial charge in [0.05, 0.1) is 11.2 Å². The number of halogens is 1. The van der Waals surface area contributed by atoms with Crippen LogP contribution in [0.4, 0.5) is 4.39 Å². The Morgan fingerprint density at radius 3 is 2.49 bits per heavy atom. The minimum atomic E-state index is -1.22. The second-order valence-corrected chi connectivity index (χ2v) is 13.9. The summed E-state index contributed by atoms with van der Waals surface area (Å²) in [6.45, 7) is 15.0. The van der Waals surface area contributed by atoms with Gasteiger partial charge in [-0.15, -0.1) is 0 Å². The lowest BCUT2D eigenvalue weighted by Crippen LogP contribution is -2.52. The summed E-state index contributed by atoms with van der Waals surface area (Å²) in [6.07, 6.45) is 3.70. The fourth-order valence-electron chi connectivity index (χ4n) is 5.89. The van der Waals surface area contributed by atoms with Crippen LogP contribution in [0.1, 0.15) is 112 Å². The lowest BCUT2D eigenvalue weighted by atomic mass is 9.97. The van der Waals surface area contributed by atoms with Crippen LogP contribution in [-0.2, 0) is 37.8 Å². The number of amides is 5. The first-order valence-corrected chi connectivity index (χ1v) is 15.3. The van der Waals surface area contributed by atoms with E-state index >= 15 is 0 Å². The molecule has 0 spiro atoms. The molecule has 0 radical (unpaired) electrons. The van der Waals surface area contributed by atoms with E-state index in [2.05, 4.69) is 17.2 Å². The second-order valence-electron chi connectivity index (χ2n) is 13.9. The lowest BCUT2D eigenvalue weighted by molar-refractivity contribution is -0.140. The Hall–Kier alpha value is -4.35. The maximum atomic E-state index is 14.7. The fourth-order valence-corrected chi connectivity index (χ4v) is 5.89. The Bertz CT molecular complexity index is 1600. The number of carbonyl (C=O) groups is 5. The minimum Gasteiger partial charge on any atom is -0.349 e. The molecule has 2 N–H and O–H groups in total. The van der Waals surface area contributed by atoms with Crippen LogP contribution in [0.2, 0.25) is 0 Å². The second kappa shape index (κ2) is 11.5. The average Bonchev–Trinajstić information content (AvgIpc) is 3.34. The molecule has 12 heteroatoms. The highest BCUT2D eigenvalue weighted by Crippen LogP contribution is 2.38. The number of imide groups is 1. The van der Waals surface area contributed by atoms with E-state index < -0.39 is 46.7 Å². The van der Waals surface area contributed by atoms with E-state index in [-0.39, 0.29) is 43.7 Å². The molecule has 2 aromatic rings. The van der Waals surface area contributed by atoms with Gasteiger partial charge in [0.2, 0.25) is 17.7 Å². The monoisotopic (exact) mass is 620 g/mol. The Morgan fingerprint density at radius 2 is 1.91 bits per heavy atom. The highest BCUT2D eigenvalue weighted by molar-refractivity contribution is 6.05. The van der Waals surface area contributed by atoms with Gasteiger partial charge >= 0.3 is 0 Å². The third kappa shape index (κ3) is 6.41. The normalized spacial score (nSPS) is 19.7. The fraction of sp³-hybridized carbons (Fsp3) is 0.515. The number of nitrogens with zero attached hydrogens (tertiary/aromatic N) is 4. The Labute approximate surface area is 262 Å². The number of piperidine rings is 1. The molecule has 3 aliphatic rings. The molecule has 1 aliphatic carbocycles. The number of rotatable bonds is 9. The molecule has 45 heavy (non-hydrogen) atoms. The zero-order valence-electron chi connectivity index (χ0n) is 26.7. The van der Waals surface area contributed by atoms with Gasteiger partial charge in [0.25, 0.3) is 11.8 Å². The van der Waals surface area contributed by atoms with Crippen molar-refractivity contribution in [3.8, 4) is 0 Å². The van der Waals surface area contributed by atoms with Crippen molar-refractivity contribution in [2.24, 2.45) is 0 Å². The van der Waals surface area contributed by atoms with Crippen LogP contribution in [0.3, 0.4) is 0 Å². The molecule has 5 rings (SSSR count). The molecular weight excluding hydrogens is 579 g/mol. The molecule has 1 aromatic heterocycles. The number of fused-ring (bicyclic) bond motifs is 1. The topological polar surface area (TPSA) is 134 Å². The number of nitrogens with one attached hydrogen (secondary N) is 2. The van der Waals surface area contributed by atoms with Crippen LogP contribution in [0, 0.1) is 0 Å². The molecule has 240 valence electrons. The van der Waals surface area contributed by atoms with Gasteiger partial charge in [-0.3, -0.25) is 34.0 Å². The van der Waals surface area contributed by atoms with Gasteiger partial charge in [-0.05, 0) is 70.1 Å². The number of carbonyl (C=O) groups excluding carboxylic acids is 5. The summed E-state index contributed by atoms with van der Waals surface area (Å²) in [7, 11) is 0. The van der Waals surface area contributed by atoms with Crippen molar-refractivity contribution in [3.05, 3.63) is 64.7 Å². The molecule has 5 amide bonds. The van der Waals surface area contributed by atoms with Gasteiger partial charge in [-0.1, -0.05) is 32.6 Å². The summed E-state index contributed by atoms with van der Waals surface area (Å²) in [6, 6.07) is 3.02. The SMILES string of the molecule is C=C(F)C(=O)N(Cc1ccc2c(c1)CN(C1CCC(=O)NC1=O)C2=O)C(C(=O)NC1(C)CC1)c1cn(C(C)(C)C)nc1C(C)C. The molecule has 0 bridgehead atoms. The third-order valence-electron chi connectivity index (χ3n) is 8.72. The van der Waals surface area contributed by atoms with Gasteiger partial charge in [0.1, 0.15) is 12.1 Å². The summed E-state index contributed by atoms with van der Waals surface area (Å²) in [5.41, 5.74) is 1.87. The highest BCUT2D eigenvalue weighted by Gasteiger charge is 2.44. The van der Waals surface area contributed by atoms with Crippen LogP contribution in [0.5, 0.6) is 0 Å². The maximum Gasteiger partial charge on any atom is 0.283 e. The van der Waals surface area contributed by atoms with Crippen molar-refractivity contribution >= 4 is 29.5 Å². The maximum absolute atomic E-state index is 14.7. The van der Waals surface area contributed by atoms with Gasteiger partial charge < -0.3 is 15.1 Å². The summed E-state index contributed by atoms with van der Waals surface area (Å²) in [4.78, 5) is 67.6. The predicted molar refractivity (Wildman–Crippen MR) is 163 cm³/mol. The summed E-state index contributed by atoms with van der Waals surface area (Å²) >= 11 is 0. The smallest absolute Gasteiger partial charge is 0.283 e. The summed E-state index contributed by atoms with van der Waals surface area (Å²) in [5, 5.41) is 10.2. The molecular formula is C33H41FN6O5. The van der Waals surface area contributed by atoms with E-state index in [9.17, 15) is 28.4 Å². The lowest BCUT2D eigenvalue weighted by Gasteiger charge is -2.32. The van der Waals surface area contributed by atoms with Crippen LogP contribution in [-0.4, -0.2) is 60.7 Å². The van der Waals surface area contributed by atoms with E-state index in [0.717, 1.165) is 12.8 Å². The molecule has 2 unspecified atom stereocenters. The Morgan fingerprint density at radius 1 is 1.22 bits per heavy atom. The van der Waals surface area contributed by atoms with Crippen LogP contribution < -0.4 is 10.6 Å². The minimum absolute atomic E-state index is 0.106. The molecule has 11 nitrogen and oxygen atoms in total. The number of hydrogen-bond acceptors (Lipinski definition) is 6. The van der Waals surface area contributed by atoms with E-state index in [4.69, 9.17) is 5.10 Å². The molecule has 2 atom stereocenters. The van der Waals surface area contributed by atoms with Crippen LogP contribution >= 0.6 is 0 Å². The molecule has 1 saturated carbocycles. The molecule has 2 aliphatic heterocycles. The Kier molecular flexibility index (Phi) is 8.22. The number of aromatic nitrogens is 2. The molecule has 3 heterocycles. The standard InChI is InChI=1S/C33H41FN6O5/c1-18(2)26-23(17-40(37-26)32(4,5)6)27(29(43)36-33(7)12-13-33)39(30(44)19(3)34)15-20-8-9-22-21(14-20)16-38(31(22)45)24-10-11-25(41)35-28(24)42/h8-9,14,17-18,24,27H,3,10-13,15-16H2,1-2,4-7H3,(H,36,43)(H,35,41,42). The highest BCUT2D eigenvalue weighted by atomic mass is 19.1. The van der Waals surface area contributed by atoms with Gasteiger partial charge in [-0.25, -0.2) is 4.39 Å².